The summed E-state index contributed by atoms with van der Waals surface area (Å²) in [6, 6.07) is 18.8. The lowest BCUT2D eigenvalue weighted by molar-refractivity contribution is -0.128. The fraction of sp³-hybridized carbons (Fsp3) is 0.167. The molecule has 31 heavy (non-hydrogen) atoms. The molecule has 4 rings (SSSR count). The van der Waals surface area contributed by atoms with Crippen molar-refractivity contribution >= 4 is 23.2 Å². The molecular weight excluding hydrogens is 399 g/mol. The van der Waals surface area contributed by atoms with Crippen molar-refractivity contribution in [1.82, 2.24) is 0 Å². The number of piperazine rings is 1. The third-order valence-corrected chi connectivity index (χ3v) is 5.25. The molecule has 0 unspecified atom stereocenters. The van der Waals surface area contributed by atoms with Crippen molar-refractivity contribution in [3.63, 3.8) is 0 Å². The van der Waals surface area contributed by atoms with Crippen molar-refractivity contribution in [1.29, 1.82) is 0 Å². The maximum absolute atomic E-state index is 14.5. The maximum Gasteiger partial charge on any atom is 0.255 e. The number of benzene rings is 3. The monoisotopic (exact) mass is 420 g/mol. The van der Waals surface area contributed by atoms with Crippen molar-refractivity contribution in [2.45, 2.75) is 6.04 Å². The Morgan fingerprint density at radius 2 is 1.42 bits per heavy atom. The second-order valence-electron chi connectivity index (χ2n) is 7.01. The number of anilines is 2. The van der Waals surface area contributed by atoms with Crippen LogP contribution in [0.5, 0.6) is 11.5 Å². The topological polar surface area (TPSA) is 59.1 Å². The number of para-hydroxylation sites is 1. The van der Waals surface area contributed by atoms with Gasteiger partial charge in [-0.15, -0.1) is 0 Å². The number of methoxy groups -OCH3 is 2. The van der Waals surface area contributed by atoms with Crippen LogP contribution in [0.15, 0.2) is 72.8 Å². The second-order valence-corrected chi connectivity index (χ2v) is 7.01. The molecule has 0 spiro atoms. The molecular formula is C24H21FN2O4. The Bertz CT molecular complexity index is 1100. The van der Waals surface area contributed by atoms with Crippen LogP contribution < -0.4 is 19.3 Å². The molecule has 0 aliphatic carbocycles. The number of rotatable bonds is 5. The maximum atomic E-state index is 14.5. The van der Waals surface area contributed by atoms with E-state index in [-0.39, 0.29) is 18.1 Å². The van der Waals surface area contributed by atoms with E-state index in [1.54, 1.807) is 74.9 Å². The molecule has 1 heterocycles. The predicted octanol–water partition coefficient (Wildman–Crippen LogP) is 3.96. The molecule has 0 N–H and O–H groups in total. The van der Waals surface area contributed by atoms with Crippen LogP contribution in [0.2, 0.25) is 0 Å². The quantitative estimate of drug-likeness (QED) is 0.627. The fourth-order valence-electron chi connectivity index (χ4n) is 3.68. The van der Waals surface area contributed by atoms with E-state index in [0.29, 0.717) is 22.7 Å². The molecule has 158 valence electrons. The van der Waals surface area contributed by atoms with Gasteiger partial charge < -0.3 is 9.47 Å². The number of amides is 2. The molecule has 0 bridgehead atoms. The number of halogens is 1. The molecule has 0 aromatic heterocycles. The fourth-order valence-corrected chi connectivity index (χ4v) is 3.68. The number of carbonyl (C=O) groups is 2. The third kappa shape index (κ3) is 3.82. The highest BCUT2D eigenvalue weighted by Gasteiger charge is 2.42. The van der Waals surface area contributed by atoms with Crippen LogP contribution in [-0.4, -0.2) is 32.6 Å². The molecule has 3 aromatic rings. The van der Waals surface area contributed by atoms with Gasteiger partial charge in [0, 0.05) is 5.69 Å². The van der Waals surface area contributed by atoms with Gasteiger partial charge in [-0.25, -0.2) is 4.39 Å². The Kier molecular flexibility index (Phi) is 5.58. The average Bonchev–Trinajstić information content (AvgIpc) is 2.81. The molecule has 6 nitrogen and oxygen atoms in total. The summed E-state index contributed by atoms with van der Waals surface area (Å²) >= 11 is 0. The third-order valence-electron chi connectivity index (χ3n) is 5.25. The highest BCUT2D eigenvalue weighted by molar-refractivity contribution is 6.14. The largest absolute Gasteiger partial charge is 0.497 e. The molecule has 3 aromatic carbocycles. The summed E-state index contributed by atoms with van der Waals surface area (Å²) in [5.74, 6) is -0.0247. The smallest absolute Gasteiger partial charge is 0.255 e. The standard InChI is InChI=1S/C24H21FN2O4/c1-30-18-11-7-16(8-12-18)23-24(29)26(21-6-4-3-5-20(21)25)15-22(28)27(23)17-9-13-19(31-2)14-10-17/h3-14,23H,15H2,1-2H3/t23-/m1/s1. The van der Waals surface area contributed by atoms with Crippen molar-refractivity contribution in [3.8, 4) is 11.5 Å². The first-order valence-electron chi connectivity index (χ1n) is 9.69. The lowest BCUT2D eigenvalue weighted by atomic mass is 9.99. The number of hydrogen-bond acceptors (Lipinski definition) is 4. The van der Waals surface area contributed by atoms with Crippen molar-refractivity contribution in [2.24, 2.45) is 0 Å². The highest BCUT2D eigenvalue weighted by Crippen LogP contribution is 2.36. The predicted molar refractivity (Wildman–Crippen MR) is 115 cm³/mol. The molecule has 1 fully saturated rings. The Balaban J connectivity index is 1.80. The Hall–Kier alpha value is -3.87. The minimum Gasteiger partial charge on any atom is -0.497 e. The van der Waals surface area contributed by atoms with E-state index >= 15 is 0 Å². The average molecular weight is 420 g/mol. The van der Waals surface area contributed by atoms with Crippen LogP contribution >= 0.6 is 0 Å². The lowest BCUT2D eigenvalue weighted by Gasteiger charge is -2.40. The van der Waals surface area contributed by atoms with E-state index < -0.39 is 17.8 Å². The first-order chi connectivity index (χ1) is 15.0. The summed E-state index contributed by atoms with van der Waals surface area (Å²) < 4.78 is 24.9. The molecule has 2 amide bonds. The van der Waals surface area contributed by atoms with Crippen LogP contribution in [0.1, 0.15) is 11.6 Å². The Morgan fingerprint density at radius 1 is 0.839 bits per heavy atom. The van der Waals surface area contributed by atoms with E-state index in [0.717, 1.165) is 0 Å². The van der Waals surface area contributed by atoms with Gasteiger partial charge in [-0.05, 0) is 54.1 Å². The minimum absolute atomic E-state index is 0.0775. The molecule has 0 saturated carbocycles. The summed E-state index contributed by atoms with van der Waals surface area (Å²) in [4.78, 5) is 29.5. The zero-order valence-corrected chi connectivity index (χ0v) is 17.1. The zero-order chi connectivity index (χ0) is 22.0. The molecule has 7 heteroatoms. The summed E-state index contributed by atoms with van der Waals surface area (Å²) in [5.41, 5.74) is 1.22. The van der Waals surface area contributed by atoms with Gasteiger partial charge in [0.2, 0.25) is 5.91 Å². The normalized spacial score (nSPS) is 16.4. The second kappa shape index (κ2) is 8.47. The van der Waals surface area contributed by atoms with Crippen LogP contribution in [0.4, 0.5) is 15.8 Å². The molecule has 1 aliphatic heterocycles. The summed E-state index contributed by atoms with van der Waals surface area (Å²) in [5, 5.41) is 0. The van der Waals surface area contributed by atoms with Crippen LogP contribution in [-0.2, 0) is 9.59 Å². The number of ether oxygens (including phenoxy) is 2. The van der Waals surface area contributed by atoms with Gasteiger partial charge >= 0.3 is 0 Å². The van der Waals surface area contributed by atoms with E-state index in [9.17, 15) is 14.0 Å². The van der Waals surface area contributed by atoms with Crippen LogP contribution in [0.3, 0.4) is 0 Å². The van der Waals surface area contributed by atoms with Crippen LogP contribution in [0.25, 0.3) is 0 Å². The van der Waals surface area contributed by atoms with Gasteiger partial charge in [0.25, 0.3) is 5.91 Å². The van der Waals surface area contributed by atoms with Crippen LogP contribution in [0, 0.1) is 5.82 Å². The van der Waals surface area contributed by atoms with Gasteiger partial charge in [-0.1, -0.05) is 24.3 Å². The van der Waals surface area contributed by atoms with Crippen molar-refractivity contribution in [2.75, 3.05) is 30.6 Å². The van der Waals surface area contributed by atoms with Gasteiger partial charge in [-0.2, -0.15) is 0 Å². The summed E-state index contributed by atoms with van der Waals surface area (Å²) in [7, 11) is 3.10. The van der Waals surface area contributed by atoms with Gasteiger partial charge in [0.1, 0.15) is 29.9 Å². The zero-order valence-electron chi connectivity index (χ0n) is 17.1. The highest BCUT2D eigenvalue weighted by atomic mass is 19.1. The minimum atomic E-state index is -0.958. The molecule has 1 atom stereocenters. The number of carbonyl (C=O) groups excluding carboxylic acids is 2. The molecule has 1 aliphatic rings. The van der Waals surface area contributed by atoms with E-state index in [1.165, 1.54) is 21.9 Å². The summed E-state index contributed by atoms with van der Waals surface area (Å²) in [6.07, 6.45) is 0. The van der Waals surface area contributed by atoms with Crippen molar-refractivity contribution in [3.05, 3.63) is 84.2 Å². The van der Waals surface area contributed by atoms with E-state index in [2.05, 4.69) is 0 Å². The van der Waals surface area contributed by atoms with E-state index in [1.807, 2.05) is 0 Å². The summed E-state index contributed by atoms with van der Waals surface area (Å²) in [6.45, 7) is -0.265. The van der Waals surface area contributed by atoms with Gasteiger partial charge in [-0.3, -0.25) is 19.4 Å². The van der Waals surface area contributed by atoms with Gasteiger partial charge in [0.15, 0.2) is 0 Å². The van der Waals surface area contributed by atoms with E-state index in [4.69, 9.17) is 9.47 Å². The first kappa shape index (κ1) is 20.4. The van der Waals surface area contributed by atoms with Gasteiger partial charge in [0.05, 0.1) is 19.9 Å². The SMILES string of the molecule is COc1ccc([C@@H]2C(=O)N(c3ccccc3F)CC(=O)N2c2ccc(OC)cc2)cc1. The lowest BCUT2D eigenvalue weighted by Crippen LogP contribution is -2.56. The Labute approximate surface area is 179 Å². The molecule has 1 saturated heterocycles. The first-order valence-corrected chi connectivity index (χ1v) is 9.69. The number of hydrogen-bond donors (Lipinski definition) is 0. The van der Waals surface area contributed by atoms with Crippen molar-refractivity contribution < 1.29 is 23.5 Å². The Morgan fingerprint density at radius 3 is 2.00 bits per heavy atom. The number of nitrogens with zero attached hydrogens (tertiary/aromatic N) is 2. The molecule has 0 radical (unpaired) electrons.